The quantitative estimate of drug-likeness (QED) is 0.0483. The highest BCUT2D eigenvalue weighted by molar-refractivity contribution is 6.63. The molecule has 2 aliphatic carbocycles. The molecule has 18 heteroatoms. The molecule has 582 valence electrons. The lowest BCUT2D eigenvalue weighted by molar-refractivity contribution is 0.424. The minimum atomic E-state index is -1.51. The van der Waals surface area contributed by atoms with Crippen molar-refractivity contribution in [2.75, 3.05) is 0 Å². The number of hydrogen-bond acceptors (Lipinski definition) is 12. The van der Waals surface area contributed by atoms with E-state index in [1.54, 1.807) is 48.5 Å². The highest BCUT2D eigenvalue weighted by Gasteiger charge is 2.52. The molecule has 2 aliphatic rings. The third-order valence-corrected chi connectivity index (χ3v) is 21.6. The van der Waals surface area contributed by atoms with Crippen LogP contribution in [0.25, 0.3) is 100 Å². The van der Waals surface area contributed by atoms with Gasteiger partial charge in [-0.2, -0.15) is 0 Å². The van der Waals surface area contributed by atoms with Crippen molar-refractivity contribution in [1.82, 2.24) is 0 Å². The van der Waals surface area contributed by atoms with E-state index >= 15 is 0 Å². The molecule has 16 aromatic carbocycles. The van der Waals surface area contributed by atoms with Crippen molar-refractivity contribution in [2.45, 2.75) is 33.1 Å². The largest absolute Gasteiger partial charge is 0.489 e. The van der Waals surface area contributed by atoms with E-state index in [9.17, 15) is 60.3 Å². The van der Waals surface area contributed by atoms with Gasteiger partial charge in [-0.15, -0.1) is 0 Å². The van der Waals surface area contributed by atoms with Gasteiger partial charge in [0, 0.05) is 0 Å². The van der Waals surface area contributed by atoms with E-state index in [2.05, 4.69) is 142 Å². The van der Waals surface area contributed by atoms with E-state index in [0.29, 0.717) is 32.8 Å². The molecule has 0 atom stereocenters. The second-order valence-corrected chi connectivity index (χ2v) is 29.1. The summed E-state index contributed by atoms with van der Waals surface area (Å²) in [5.74, 6) is 0. The van der Waals surface area contributed by atoms with Crippen molar-refractivity contribution >= 4 is 75.5 Å². The summed E-state index contributed by atoms with van der Waals surface area (Å²) in [4.78, 5) is 0. The van der Waals surface area contributed by atoms with Gasteiger partial charge in [0.2, 0.25) is 0 Å². The van der Waals surface area contributed by atoms with Crippen LogP contribution < -0.4 is 32.8 Å². The summed E-state index contributed by atoms with van der Waals surface area (Å²) in [6.07, 6.45) is 0. The van der Waals surface area contributed by atoms with Crippen LogP contribution in [0.2, 0.25) is 0 Å². The molecule has 0 unspecified atom stereocenters. The fraction of sp³-hybridized carbons (Fsp3) is 0.0495. The summed E-state index contributed by atoms with van der Waals surface area (Å²) in [7, 11) is -8.77. The Morgan fingerprint density at radius 2 is 0.445 bits per heavy atom. The second-order valence-electron chi connectivity index (χ2n) is 29.1. The van der Waals surface area contributed by atoms with Gasteiger partial charge in [-0.05, 0) is 206 Å². The van der Waals surface area contributed by atoms with Gasteiger partial charge in [-0.3, -0.25) is 0 Å². The predicted octanol–water partition coefficient (Wildman–Crippen LogP) is 13.4. The Morgan fingerprint density at radius 3 is 0.899 bits per heavy atom. The Bertz CT molecular complexity index is 6060. The average molecular weight is 1560 g/mol. The average Bonchev–Trinajstić information content (AvgIpc) is 1.51. The smallest absolute Gasteiger partial charge is 0.423 e. The van der Waals surface area contributed by atoms with Crippen LogP contribution in [0.3, 0.4) is 0 Å². The molecule has 18 rings (SSSR count). The van der Waals surface area contributed by atoms with Gasteiger partial charge in [0.05, 0.1) is 5.41 Å². The Labute approximate surface area is 697 Å². The molecule has 0 saturated carbocycles. The molecule has 0 radical (unpaired) electrons. The number of rotatable bonds is 13. The van der Waals surface area contributed by atoms with Crippen LogP contribution in [-0.4, -0.2) is 103 Å². The SMILES string of the molecule is Cc1cc(C)c(-c2ccccc2B(O)O)c(C)c1.Cc1ccccc1-c1ccccc1B(O)O.OB(O)c1cccc2c1-c1ccccc1C21c2ccccc2-c2ccccc21.OB(O)c1ccccc1-c1cccc(-c2ccccc2)c1.OB(O)c1ccccc1-c1ccccc1.OB(O)c1ccccc1-c1ccccc1-c1ccccc1. The zero-order valence-electron chi connectivity index (χ0n) is 66.3. The maximum atomic E-state index is 10.1. The summed E-state index contributed by atoms with van der Waals surface area (Å²) >= 11 is 0. The van der Waals surface area contributed by atoms with Crippen LogP contribution in [-0.2, 0) is 5.41 Å². The van der Waals surface area contributed by atoms with Gasteiger partial charge in [-0.1, -0.05) is 388 Å². The van der Waals surface area contributed by atoms with E-state index in [1.165, 1.54) is 33.4 Å². The van der Waals surface area contributed by atoms with E-state index in [1.807, 2.05) is 225 Å². The molecule has 0 fully saturated rings. The van der Waals surface area contributed by atoms with Crippen molar-refractivity contribution in [3.05, 3.63) is 433 Å². The number of benzene rings is 16. The lowest BCUT2D eigenvalue weighted by Crippen LogP contribution is -2.33. The van der Waals surface area contributed by atoms with E-state index in [4.69, 9.17) is 0 Å². The van der Waals surface area contributed by atoms with E-state index in [-0.39, 0.29) is 0 Å². The van der Waals surface area contributed by atoms with Crippen molar-refractivity contribution in [3.8, 4) is 100 Å². The van der Waals surface area contributed by atoms with Gasteiger partial charge in [0.15, 0.2) is 0 Å². The van der Waals surface area contributed by atoms with Gasteiger partial charge in [0.1, 0.15) is 0 Å². The molecule has 16 aromatic rings. The molecule has 0 amide bonds. The summed E-state index contributed by atoms with van der Waals surface area (Å²) in [6.45, 7) is 8.18. The Kier molecular flexibility index (Phi) is 27.7. The number of aryl methyl sites for hydroxylation is 4. The van der Waals surface area contributed by atoms with Gasteiger partial charge >= 0.3 is 42.7 Å². The maximum Gasteiger partial charge on any atom is 0.489 e. The lowest BCUT2D eigenvalue weighted by Gasteiger charge is -2.30. The molecule has 1 spiro atoms. The first-order chi connectivity index (χ1) is 57.8. The summed E-state index contributed by atoms with van der Waals surface area (Å²) < 4.78 is 0. The summed E-state index contributed by atoms with van der Waals surface area (Å²) in [6, 6.07) is 126. The van der Waals surface area contributed by atoms with Crippen LogP contribution in [0.4, 0.5) is 0 Å². The Hall–Kier alpha value is -12.6. The second kappa shape index (κ2) is 39.1. The molecule has 12 nitrogen and oxygen atoms in total. The molecule has 12 N–H and O–H groups in total. The fourth-order valence-electron chi connectivity index (χ4n) is 16.4. The molecule has 0 aromatic heterocycles. The van der Waals surface area contributed by atoms with Gasteiger partial charge in [-0.25, -0.2) is 0 Å². The third kappa shape index (κ3) is 18.7. The standard InChI is InChI=1S/C25H17BO2.2C18H15BO2.C15H17BO2.C13H13BO2.C12H11BO2/c27-26(28)23-15-7-14-22-24(23)18-10-3-6-13-21(18)25(22)19-11-4-1-8-16(19)17-9-2-5-12-20(17)25;20-19(21)18-13-7-6-12-17(18)16-11-5-4-10-15(16)14-8-2-1-3-9-14;20-19(21)18-12-5-4-11-17(18)16-10-6-9-15(13-16)14-7-2-1-3-8-14;1-10-8-11(2)15(12(3)9-10)13-6-4-5-7-14(13)16(17)18;1-10-6-2-3-7-11(10)12-8-4-5-9-13(12)14(15)16;14-13(15)12-9-5-4-8-11(12)10-6-2-1-3-7-10/h1-15,27-28H;2*1-13,20-21H;4-9,17-18H,1-3H3;2-9,15-16H,1H3;1-9,14-15H. The first kappa shape index (κ1) is 84.3. The summed E-state index contributed by atoms with van der Waals surface area (Å²) in [5.41, 5.74) is 30.6. The van der Waals surface area contributed by atoms with Crippen molar-refractivity contribution in [2.24, 2.45) is 0 Å². The topological polar surface area (TPSA) is 243 Å². The zero-order valence-corrected chi connectivity index (χ0v) is 66.3. The molecule has 0 bridgehead atoms. The first-order valence-corrected chi connectivity index (χ1v) is 39.3. The van der Waals surface area contributed by atoms with Crippen LogP contribution in [0.15, 0.2) is 388 Å². The molecule has 119 heavy (non-hydrogen) atoms. The van der Waals surface area contributed by atoms with Crippen LogP contribution in [0, 0.1) is 27.7 Å². The minimum Gasteiger partial charge on any atom is -0.423 e. The maximum absolute atomic E-state index is 10.1. The Morgan fingerprint density at radius 1 is 0.168 bits per heavy atom. The molecular weight excluding hydrogens is 1470 g/mol. The minimum absolute atomic E-state index is 0.427. The molecule has 0 aliphatic heterocycles. The normalized spacial score (nSPS) is 11.3. The van der Waals surface area contributed by atoms with Crippen molar-refractivity contribution in [3.63, 3.8) is 0 Å². The van der Waals surface area contributed by atoms with Crippen LogP contribution in [0.1, 0.15) is 44.5 Å². The number of fused-ring (bicyclic) bond motifs is 10. The fourth-order valence-corrected chi connectivity index (χ4v) is 16.4. The monoisotopic (exact) mass is 1560 g/mol. The highest BCUT2D eigenvalue weighted by atomic mass is 16.4. The van der Waals surface area contributed by atoms with E-state index < -0.39 is 48.1 Å². The molecule has 0 heterocycles. The van der Waals surface area contributed by atoms with Crippen LogP contribution >= 0.6 is 0 Å². The van der Waals surface area contributed by atoms with Crippen molar-refractivity contribution in [1.29, 1.82) is 0 Å². The zero-order chi connectivity index (χ0) is 83.7. The van der Waals surface area contributed by atoms with Gasteiger partial charge < -0.3 is 60.3 Å². The van der Waals surface area contributed by atoms with E-state index in [0.717, 1.165) is 111 Å². The van der Waals surface area contributed by atoms with Gasteiger partial charge in [0.25, 0.3) is 0 Å². The summed E-state index contributed by atoms with van der Waals surface area (Å²) in [5, 5.41) is 114. The first-order valence-electron chi connectivity index (χ1n) is 39.3. The third-order valence-electron chi connectivity index (χ3n) is 21.6. The van der Waals surface area contributed by atoms with Crippen LogP contribution in [0.5, 0.6) is 0 Å². The highest BCUT2D eigenvalue weighted by Crippen LogP contribution is 2.62. The lowest BCUT2D eigenvalue weighted by atomic mass is 9.69. The number of hydrogen-bond donors (Lipinski definition) is 12. The molecule has 0 saturated heterocycles. The Balaban J connectivity index is 0.000000125. The van der Waals surface area contributed by atoms with Crippen molar-refractivity contribution < 1.29 is 60.3 Å². The predicted molar refractivity (Wildman–Crippen MR) is 491 cm³/mol. The molecular formula is C101H88B6O12.